The smallest absolute Gasteiger partial charge is 0.330 e. The number of halogens is 1. The third-order valence-electron chi connectivity index (χ3n) is 5.33. The van der Waals surface area contributed by atoms with Gasteiger partial charge in [-0.25, -0.2) is 9.59 Å². The van der Waals surface area contributed by atoms with Crippen LogP contribution in [0.2, 0.25) is 0 Å². The Morgan fingerprint density at radius 3 is 2.00 bits per heavy atom. The number of esters is 1. The normalized spacial score (nSPS) is 28.2. The first-order chi connectivity index (χ1) is 16.1. The van der Waals surface area contributed by atoms with Crippen LogP contribution in [0, 0.1) is 0 Å². The van der Waals surface area contributed by atoms with Crippen molar-refractivity contribution < 1.29 is 24.1 Å². The van der Waals surface area contributed by atoms with Gasteiger partial charge >= 0.3 is 17.3 Å². The second-order valence-electron chi connectivity index (χ2n) is 7.80. The molecule has 2 aliphatic heterocycles. The van der Waals surface area contributed by atoms with Crippen LogP contribution in [-0.2, 0) is 19.0 Å². The summed E-state index contributed by atoms with van der Waals surface area (Å²) in [6.07, 6.45) is 0.955. The summed E-state index contributed by atoms with van der Waals surface area (Å²) in [7, 11) is 0. The maximum Gasteiger partial charge on any atom is 0.330 e. The molecule has 0 aliphatic carbocycles. The van der Waals surface area contributed by atoms with Crippen LogP contribution in [0.25, 0.3) is 0 Å². The molecule has 186 valence electrons. The van der Waals surface area contributed by atoms with Gasteiger partial charge in [-0.2, -0.15) is 0 Å². The molecule has 0 amide bonds. The van der Waals surface area contributed by atoms with Crippen molar-refractivity contribution in [2.24, 2.45) is 0 Å². The van der Waals surface area contributed by atoms with E-state index in [4.69, 9.17) is 14.2 Å². The highest BCUT2D eigenvalue weighted by Crippen LogP contribution is 2.31. The van der Waals surface area contributed by atoms with Gasteiger partial charge in [0.25, 0.3) is 11.1 Å². The van der Waals surface area contributed by atoms with Gasteiger partial charge in [-0.1, -0.05) is 22.6 Å². The van der Waals surface area contributed by atoms with Crippen molar-refractivity contribution in [3.05, 3.63) is 66.2 Å². The number of nitrogens with zero attached hydrogens (tertiary/aromatic N) is 2. The van der Waals surface area contributed by atoms with Crippen LogP contribution in [0.1, 0.15) is 39.1 Å². The molecule has 6 atom stereocenters. The molecule has 4 rings (SSSR count). The minimum Gasteiger partial charge on any atom is -0.460 e. The zero-order valence-electron chi connectivity index (χ0n) is 18.4. The number of carbonyl (C=O) groups is 1. The highest BCUT2D eigenvalue weighted by atomic mass is 127. The number of nitrogens with one attached hydrogen (secondary N) is 2. The third kappa shape index (κ3) is 6.31. The highest BCUT2D eigenvalue weighted by Gasteiger charge is 2.38. The van der Waals surface area contributed by atoms with Gasteiger partial charge in [0.05, 0.1) is 12.2 Å². The molecular weight excluding hydrogens is 567 g/mol. The SMILES string of the molecule is CC(=O)O[C@@H]1C[C@H](n2ccc(=O)[nH]c2=O)O[C@@H]1CI.C[C@H]1O[C@@H](n2ccc(=O)[nH]c2=O)C[C@H]1O. The molecule has 0 radical (unpaired) electrons. The second kappa shape index (κ2) is 11.2. The van der Waals surface area contributed by atoms with Crippen molar-refractivity contribution in [1.82, 2.24) is 19.1 Å². The Bertz CT molecular complexity index is 1230. The fourth-order valence-electron chi connectivity index (χ4n) is 3.63. The van der Waals surface area contributed by atoms with Crippen LogP contribution in [-0.4, -0.2) is 59.0 Å². The highest BCUT2D eigenvalue weighted by molar-refractivity contribution is 14.1. The summed E-state index contributed by atoms with van der Waals surface area (Å²) in [6, 6.07) is 2.50. The average Bonchev–Trinajstić information content (AvgIpc) is 3.30. The Labute approximate surface area is 205 Å². The zero-order valence-corrected chi connectivity index (χ0v) is 20.5. The van der Waals surface area contributed by atoms with Crippen molar-refractivity contribution in [2.75, 3.05) is 4.43 Å². The molecule has 2 aliphatic rings. The monoisotopic (exact) mass is 592 g/mol. The molecule has 0 aromatic carbocycles. The number of aromatic amines is 2. The number of hydrogen-bond donors (Lipinski definition) is 3. The molecule has 2 saturated heterocycles. The minimum atomic E-state index is -0.575. The molecule has 0 bridgehead atoms. The van der Waals surface area contributed by atoms with Gasteiger partial charge < -0.3 is 19.3 Å². The summed E-state index contributed by atoms with van der Waals surface area (Å²) >= 11 is 2.13. The van der Waals surface area contributed by atoms with Crippen molar-refractivity contribution in [3.8, 4) is 0 Å². The number of rotatable bonds is 4. The van der Waals surface area contributed by atoms with Crippen molar-refractivity contribution in [3.63, 3.8) is 0 Å². The number of hydrogen-bond acceptors (Lipinski definition) is 9. The van der Waals surface area contributed by atoms with Gasteiger partial charge in [-0.15, -0.1) is 0 Å². The van der Waals surface area contributed by atoms with Crippen LogP contribution in [0.3, 0.4) is 0 Å². The minimum absolute atomic E-state index is 0.256. The molecule has 2 fully saturated rings. The fourth-order valence-corrected chi connectivity index (χ4v) is 4.40. The number of H-pyrrole nitrogens is 2. The summed E-state index contributed by atoms with van der Waals surface area (Å²) in [5.41, 5.74) is -1.95. The summed E-state index contributed by atoms with van der Waals surface area (Å²) in [5, 5.41) is 9.46. The zero-order chi connectivity index (χ0) is 25.0. The van der Waals surface area contributed by atoms with Crippen molar-refractivity contribution >= 4 is 28.6 Å². The van der Waals surface area contributed by atoms with E-state index >= 15 is 0 Å². The number of alkyl halides is 1. The van der Waals surface area contributed by atoms with E-state index in [9.17, 15) is 29.1 Å². The van der Waals surface area contributed by atoms with Gasteiger partial charge in [0.2, 0.25) is 0 Å². The first-order valence-electron chi connectivity index (χ1n) is 10.4. The molecule has 0 saturated carbocycles. The van der Waals surface area contributed by atoms with E-state index < -0.39 is 41.1 Å². The van der Waals surface area contributed by atoms with E-state index in [-0.39, 0.29) is 24.3 Å². The van der Waals surface area contributed by atoms with E-state index in [2.05, 4.69) is 32.6 Å². The number of carbonyl (C=O) groups excluding carboxylic acids is 1. The van der Waals surface area contributed by atoms with Gasteiger partial charge in [-0.05, 0) is 6.92 Å². The van der Waals surface area contributed by atoms with Gasteiger partial charge in [0, 0.05) is 48.7 Å². The predicted octanol–water partition coefficient (Wildman–Crippen LogP) is -0.604. The number of aliphatic hydroxyl groups excluding tert-OH is 1. The van der Waals surface area contributed by atoms with Crippen LogP contribution in [0.4, 0.5) is 0 Å². The molecule has 4 heterocycles. The Hall–Kier alpha value is -2.56. The molecule has 13 nitrogen and oxygen atoms in total. The summed E-state index contributed by atoms with van der Waals surface area (Å²) < 4.78 is 19.4. The second-order valence-corrected chi connectivity index (χ2v) is 8.68. The first-order valence-corrected chi connectivity index (χ1v) is 12.0. The van der Waals surface area contributed by atoms with E-state index in [0.29, 0.717) is 17.3 Å². The summed E-state index contributed by atoms with van der Waals surface area (Å²) in [5.74, 6) is -0.377. The molecule has 3 N–H and O–H groups in total. The maximum atomic E-state index is 11.7. The molecule has 2 aromatic heterocycles. The van der Waals surface area contributed by atoms with Gasteiger partial charge in [0.1, 0.15) is 24.7 Å². The summed E-state index contributed by atoms with van der Waals surface area (Å²) in [6.45, 7) is 3.07. The maximum absolute atomic E-state index is 11.7. The van der Waals surface area contributed by atoms with Gasteiger partial charge in [-0.3, -0.25) is 33.5 Å². The fraction of sp³-hybridized carbons (Fsp3) is 0.550. The van der Waals surface area contributed by atoms with Crippen molar-refractivity contribution in [1.29, 1.82) is 0 Å². The number of ether oxygens (including phenoxy) is 3. The van der Waals surface area contributed by atoms with Crippen LogP contribution in [0.15, 0.2) is 43.7 Å². The third-order valence-corrected chi connectivity index (χ3v) is 6.20. The lowest BCUT2D eigenvalue weighted by Crippen LogP contribution is -2.31. The lowest BCUT2D eigenvalue weighted by atomic mass is 10.2. The number of aromatic nitrogens is 4. The molecule has 14 heteroatoms. The lowest BCUT2D eigenvalue weighted by molar-refractivity contribution is -0.148. The predicted molar refractivity (Wildman–Crippen MR) is 126 cm³/mol. The Balaban J connectivity index is 0.000000196. The Morgan fingerprint density at radius 2 is 1.59 bits per heavy atom. The quantitative estimate of drug-likeness (QED) is 0.238. The molecular formula is C20H25IN4O9. The van der Waals surface area contributed by atoms with Crippen LogP contribution < -0.4 is 22.5 Å². The van der Waals surface area contributed by atoms with Crippen molar-refractivity contribution in [2.45, 2.75) is 63.6 Å². The van der Waals surface area contributed by atoms with E-state index in [1.54, 1.807) is 6.92 Å². The molecule has 2 aromatic rings. The molecule has 0 spiro atoms. The van der Waals surface area contributed by atoms with E-state index in [0.717, 1.165) is 0 Å². The first kappa shape index (κ1) is 26.1. The molecule has 0 unspecified atom stereocenters. The Morgan fingerprint density at radius 1 is 1.06 bits per heavy atom. The topological polar surface area (TPSA) is 175 Å². The van der Waals surface area contributed by atoms with Crippen LogP contribution >= 0.6 is 22.6 Å². The average molecular weight is 592 g/mol. The van der Waals surface area contributed by atoms with E-state index in [1.807, 2.05) is 0 Å². The van der Waals surface area contributed by atoms with Crippen LogP contribution in [0.5, 0.6) is 0 Å². The lowest BCUT2D eigenvalue weighted by Gasteiger charge is -2.15. The number of aliphatic hydroxyl groups is 1. The largest absolute Gasteiger partial charge is 0.460 e. The standard InChI is InChI=1S/C11H13IN2O5.C9H12N2O4/c1-6(15)18-7-4-10(19-8(7)5-12)14-3-2-9(16)13-11(14)17;1-5-6(12)4-8(15-5)11-3-2-7(13)10-9(11)14/h2-3,7-8,10H,4-5H2,1H3,(H,13,16,17);2-3,5-6,8,12H,4H2,1H3,(H,10,13,14)/t7-,8-,10-;5-,6-,8-/m11/s1. The molecule has 34 heavy (non-hydrogen) atoms. The Kier molecular flexibility index (Phi) is 8.62. The summed E-state index contributed by atoms with van der Waals surface area (Å²) in [4.78, 5) is 60.2. The van der Waals surface area contributed by atoms with Gasteiger partial charge in [0.15, 0.2) is 0 Å². The van der Waals surface area contributed by atoms with E-state index in [1.165, 1.54) is 40.6 Å².